The van der Waals surface area contributed by atoms with Gasteiger partial charge in [0.05, 0.1) is 11.9 Å². The molecule has 1 aliphatic rings. The third-order valence-electron chi connectivity index (χ3n) is 5.17. The van der Waals surface area contributed by atoms with E-state index in [0.717, 1.165) is 50.9 Å². The van der Waals surface area contributed by atoms with Gasteiger partial charge in [-0.15, -0.1) is 0 Å². The lowest BCUT2D eigenvalue weighted by molar-refractivity contribution is 0.0917. The summed E-state index contributed by atoms with van der Waals surface area (Å²) >= 11 is 0. The molecule has 3 rings (SSSR count). The maximum absolute atomic E-state index is 13.8. The monoisotopic (exact) mass is 405 g/mol. The van der Waals surface area contributed by atoms with Crippen molar-refractivity contribution in [3.63, 3.8) is 0 Å². The van der Waals surface area contributed by atoms with Crippen LogP contribution in [-0.2, 0) is 0 Å². The van der Waals surface area contributed by atoms with Crippen molar-refractivity contribution >= 4 is 17.5 Å². The summed E-state index contributed by atoms with van der Waals surface area (Å²) < 4.78 is 27.6. The second-order valence-corrected chi connectivity index (χ2v) is 7.21. The molecule has 0 atom stereocenters. The number of benzene rings is 1. The van der Waals surface area contributed by atoms with Gasteiger partial charge in [-0.2, -0.15) is 5.10 Å². The number of H-pyrrole nitrogens is 1. The Labute approximate surface area is 167 Å². The molecule has 4 N–H and O–H groups in total. The van der Waals surface area contributed by atoms with Crippen molar-refractivity contribution in [2.75, 3.05) is 18.4 Å². The number of carbonyl (C=O) groups excluding carboxylic acids is 2. The van der Waals surface area contributed by atoms with Gasteiger partial charge in [0.25, 0.3) is 11.8 Å². The van der Waals surface area contributed by atoms with Gasteiger partial charge in [0.1, 0.15) is 22.9 Å². The number of halogens is 2. The predicted octanol–water partition coefficient (Wildman–Crippen LogP) is 2.84. The normalized spacial score (nSPS) is 19.0. The number of amides is 2. The lowest BCUT2D eigenvalue weighted by atomic mass is 9.86. The molecule has 1 heterocycles. The summed E-state index contributed by atoms with van der Waals surface area (Å²) in [6.07, 6.45) is 5.03. The van der Waals surface area contributed by atoms with E-state index in [4.69, 9.17) is 0 Å². The van der Waals surface area contributed by atoms with Gasteiger partial charge in [0.15, 0.2) is 0 Å². The van der Waals surface area contributed by atoms with Crippen LogP contribution in [0.4, 0.5) is 14.5 Å². The van der Waals surface area contributed by atoms with Crippen LogP contribution in [0.2, 0.25) is 0 Å². The SMILES string of the molecule is CCNCC1CCC(NC(=O)c2[nH]ncc2NC(=O)c2c(F)cccc2F)CC1. The summed E-state index contributed by atoms with van der Waals surface area (Å²) in [6, 6.07) is 3.20. The van der Waals surface area contributed by atoms with Gasteiger partial charge in [0.2, 0.25) is 0 Å². The second-order valence-electron chi connectivity index (χ2n) is 7.21. The van der Waals surface area contributed by atoms with Crippen LogP contribution in [0.15, 0.2) is 24.4 Å². The third kappa shape index (κ3) is 5.17. The highest BCUT2D eigenvalue weighted by molar-refractivity contribution is 6.08. The Balaban J connectivity index is 1.60. The first kappa shape index (κ1) is 20.9. The quantitative estimate of drug-likeness (QED) is 0.569. The smallest absolute Gasteiger partial charge is 0.271 e. The summed E-state index contributed by atoms with van der Waals surface area (Å²) in [5.41, 5.74) is -0.597. The average molecular weight is 405 g/mol. The van der Waals surface area contributed by atoms with Gasteiger partial charge in [0, 0.05) is 6.04 Å². The Kier molecular flexibility index (Phi) is 6.92. The molecule has 29 heavy (non-hydrogen) atoms. The van der Waals surface area contributed by atoms with E-state index in [1.54, 1.807) is 0 Å². The number of nitrogens with one attached hydrogen (secondary N) is 4. The fourth-order valence-corrected chi connectivity index (χ4v) is 3.57. The molecule has 9 heteroatoms. The molecular weight excluding hydrogens is 380 g/mol. The minimum atomic E-state index is -0.986. The van der Waals surface area contributed by atoms with E-state index in [-0.39, 0.29) is 17.4 Å². The first-order valence-electron chi connectivity index (χ1n) is 9.79. The highest BCUT2D eigenvalue weighted by Crippen LogP contribution is 2.24. The van der Waals surface area contributed by atoms with Crippen LogP contribution in [-0.4, -0.2) is 41.1 Å². The number of aromatic amines is 1. The molecule has 1 aromatic carbocycles. The van der Waals surface area contributed by atoms with Crippen molar-refractivity contribution in [3.05, 3.63) is 47.3 Å². The van der Waals surface area contributed by atoms with Gasteiger partial charge in [-0.3, -0.25) is 14.7 Å². The molecular formula is C20H25F2N5O2. The van der Waals surface area contributed by atoms with Crippen molar-refractivity contribution in [1.82, 2.24) is 20.8 Å². The summed E-state index contributed by atoms with van der Waals surface area (Å²) in [5, 5.41) is 15.0. The zero-order chi connectivity index (χ0) is 20.8. The summed E-state index contributed by atoms with van der Waals surface area (Å²) in [6.45, 7) is 4.01. The molecule has 0 spiro atoms. The zero-order valence-corrected chi connectivity index (χ0v) is 16.2. The van der Waals surface area contributed by atoms with Crippen LogP contribution in [0, 0.1) is 17.6 Å². The fraction of sp³-hybridized carbons (Fsp3) is 0.450. The minimum Gasteiger partial charge on any atom is -0.348 e. The number of rotatable bonds is 7. The topological polar surface area (TPSA) is 98.9 Å². The van der Waals surface area contributed by atoms with E-state index < -0.39 is 29.0 Å². The van der Waals surface area contributed by atoms with Crippen LogP contribution < -0.4 is 16.0 Å². The molecule has 7 nitrogen and oxygen atoms in total. The molecule has 2 amide bonds. The minimum absolute atomic E-state index is 0.0382. The van der Waals surface area contributed by atoms with Gasteiger partial charge in [-0.25, -0.2) is 8.78 Å². The number of aromatic nitrogens is 2. The number of carbonyl (C=O) groups is 2. The number of hydrogen-bond donors (Lipinski definition) is 4. The molecule has 156 valence electrons. The molecule has 2 aromatic rings. The highest BCUT2D eigenvalue weighted by Gasteiger charge is 2.25. The molecule has 0 radical (unpaired) electrons. The first-order chi connectivity index (χ1) is 14.0. The van der Waals surface area contributed by atoms with Gasteiger partial charge in [-0.1, -0.05) is 13.0 Å². The molecule has 1 aromatic heterocycles. The van der Waals surface area contributed by atoms with E-state index in [0.29, 0.717) is 5.92 Å². The fourth-order valence-electron chi connectivity index (χ4n) is 3.57. The predicted molar refractivity (Wildman–Crippen MR) is 105 cm³/mol. The van der Waals surface area contributed by atoms with Gasteiger partial charge in [-0.05, 0) is 56.8 Å². The largest absolute Gasteiger partial charge is 0.348 e. The lowest BCUT2D eigenvalue weighted by Gasteiger charge is -2.29. The Hall–Kier alpha value is -2.81. The summed E-state index contributed by atoms with van der Waals surface area (Å²) in [7, 11) is 0. The number of anilines is 1. The molecule has 1 fully saturated rings. The van der Waals surface area contributed by atoms with E-state index in [1.165, 1.54) is 12.3 Å². The van der Waals surface area contributed by atoms with Crippen LogP contribution in [0.3, 0.4) is 0 Å². The van der Waals surface area contributed by atoms with Crippen molar-refractivity contribution < 1.29 is 18.4 Å². The summed E-state index contributed by atoms with van der Waals surface area (Å²) in [4.78, 5) is 24.9. The molecule has 0 saturated heterocycles. The van der Waals surface area contributed by atoms with Crippen LogP contribution in [0.5, 0.6) is 0 Å². The summed E-state index contributed by atoms with van der Waals surface area (Å²) in [5.74, 6) is -2.75. The first-order valence-corrected chi connectivity index (χ1v) is 9.79. The Bertz CT molecular complexity index is 842. The lowest BCUT2D eigenvalue weighted by Crippen LogP contribution is -2.39. The molecule has 0 bridgehead atoms. The van der Waals surface area contributed by atoms with E-state index >= 15 is 0 Å². The number of nitrogens with zero attached hydrogens (tertiary/aromatic N) is 1. The molecule has 0 unspecified atom stereocenters. The number of hydrogen-bond acceptors (Lipinski definition) is 4. The molecule has 1 saturated carbocycles. The Morgan fingerprint density at radius 3 is 2.48 bits per heavy atom. The van der Waals surface area contributed by atoms with Crippen LogP contribution >= 0.6 is 0 Å². The van der Waals surface area contributed by atoms with E-state index in [2.05, 4.69) is 33.1 Å². The van der Waals surface area contributed by atoms with E-state index in [1.807, 2.05) is 0 Å². The van der Waals surface area contributed by atoms with Gasteiger partial charge < -0.3 is 16.0 Å². The maximum atomic E-state index is 13.8. The van der Waals surface area contributed by atoms with Gasteiger partial charge >= 0.3 is 0 Å². The standard InChI is InChI=1S/C20H25F2N5O2/c1-2-23-10-12-6-8-13(9-7-12)25-20(29)18-16(11-24-27-18)26-19(28)17-14(21)4-3-5-15(17)22/h3-5,11-13,23H,2,6-10H2,1H3,(H,24,27)(H,25,29)(H,26,28). The Morgan fingerprint density at radius 2 is 1.83 bits per heavy atom. The van der Waals surface area contributed by atoms with E-state index in [9.17, 15) is 18.4 Å². The van der Waals surface area contributed by atoms with Crippen molar-refractivity contribution in [2.45, 2.75) is 38.6 Å². The average Bonchev–Trinajstić information content (AvgIpc) is 3.15. The molecule has 0 aliphatic heterocycles. The van der Waals surface area contributed by atoms with Crippen molar-refractivity contribution in [2.24, 2.45) is 5.92 Å². The maximum Gasteiger partial charge on any atom is 0.271 e. The van der Waals surface area contributed by atoms with Crippen LogP contribution in [0.25, 0.3) is 0 Å². The highest BCUT2D eigenvalue weighted by atomic mass is 19.1. The second kappa shape index (κ2) is 9.60. The zero-order valence-electron chi connectivity index (χ0n) is 16.2. The Morgan fingerprint density at radius 1 is 1.14 bits per heavy atom. The van der Waals surface area contributed by atoms with Crippen LogP contribution in [0.1, 0.15) is 53.5 Å². The third-order valence-corrected chi connectivity index (χ3v) is 5.17. The molecule has 1 aliphatic carbocycles. The van der Waals surface area contributed by atoms with Crippen molar-refractivity contribution in [1.29, 1.82) is 0 Å². The van der Waals surface area contributed by atoms with Crippen molar-refractivity contribution in [3.8, 4) is 0 Å².